The first-order valence-electron chi connectivity index (χ1n) is 7.07. The molecule has 0 spiro atoms. The third-order valence-electron chi connectivity index (χ3n) is 3.13. The Labute approximate surface area is 124 Å². The molecule has 0 unspecified atom stereocenters. The first-order chi connectivity index (χ1) is 10.2. The van der Waals surface area contributed by atoms with E-state index in [1.807, 2.05) is 0 Å². The van der Waals surface area contributed by atoms with Gasteiger partial charge in [-0.25, -0.2) is 0 Å². The average Bonchev–Trinajstić information content (AvgIpc) is 2.53. The summed E-state index contributed by atoms with van der Waals surface area (Å²) in [6, 6.07) is 6.51. The topological polar surface area (TPSA) is 72.5 Å². The summed E-state index contributed by atoms with van der Waals surface area (Å²) in [6.45, 7) is 0.604. The fourth-order valence-corrected chi connectivity index (χ4v) is 1.87. The molecule has 5 heteroatoms. The number of unbranched alkanes of at least 4 members (excludes halogenated alkanes) is 3. The van der Waals surface area contributed by atoms with Crippen molar-refractivity contribution in [1.82, 2.24) is 5.32 Å². The Hall–Kier alpha value is -2.17. The van der Waals surface area contributed by atoms with Gasteiger partial charge in [-0.1, -0.05) is 25.0 Å². The number of amides is 1. The van der Waals surface area contributed by atoms with Crippen LogP contribution in [-0.4, -0.2) is 31.8 Å². The van der Waals surface area contributed by atoms with Crippen LogP contribution in [0.5, 0.6) is 0 Å². The summed E-state index contributed by atoms with van der Waals surface area (Å²) in [4.78, 5) is 33.2. The van der Waals surface area contributed by atoms with Crippen LogP contribution >= 0.6 is 0 Å². The van der Waals surface area contributed by atoms with E-state index in [2.05, 4.69) is 10.1 Å². The van der Waals surface area contributed by atoms with E-state index in [4.69, 9.17) is 0 Å². The number of hydrogen-bond acceptors (Lipinski definition) is 4. The standard InChI is InChI=1S/C16H21NO4/c1-21-15(19)6-4-2-3-5-11-17-16(20)14-9-7-13(12-18)8-10-14/h7-10,12H,2-6,11H2,1H3,(H,17,20). The van der Waals surface area contributed by atoms with Crippen LogP contribution in [0, 0.1) is 0 Å². The van der Waals surface area contributed by atoms with Gasteiger partial charge in [0, 0.05) is 24.1 Å². The maximum atomic E-state index is 11.8. The van der Waals surface area contributed by atoms with Crippen molar-refractivity contribution in [2.24, 2.45) is 0 Å². The van der Waals surface area contributed by atoms with Gasteiger partial charge in [-0.3, -0.25) is 14.4 Å². The highest BCUT2D eigenvalue weighted by Crippen LogP contribution is 2.05. The van der Waals surface area contributed by atoms with Crippen LogP contribution < -0.4 is 5.32 Å². The van der Waals surface area contributed by atoms with Crippen LogP contribution in [0.1, 0.15) is 52.8 Å². The first-order valence-corrected chi connectivity index (χ1v) is 7.07. The lowest BCUT2D eigenvalue weighted by atomic mass is 10.1. The smallest absolute Gasteiger partial charge is 0.305 e. The Balaban J connectivity index is 2.13. The molecule has 1 rings (SSSR count). The molecule has 0 atom stereocenters. The molecule has 0 aliphatic carbocycles. The van der Waals surface area contributed by atoms with Crippen molar-refractivity contribution in [3.05, 3.63) is 35.4 Å². The second kappa shape index (κ2) is 9.69. The van der Waals surface area contributed by atoms with Crippen LogP contribution in [0.4, 0.5) is 0 Å². The summed E-state index contributed by atoms with van der Waals surface area (Å²) in [5.74, 6) is -0.316. The van der Waals surface area contributed by atoms with Gasteiger partial charge in [-0.05, 0) is 25.0 Å². The summed E-state index contributed by atoms with van der Waals surface area (Å²) in [7, 11) is 1.39. The maximum Gasteiger partial charge on any atom is 0.305 e. The number of carbonyl (C=O) groups excluding carboxylic acids is 3. The van der Waals surface area contributed by atoms with Gasteiger partial charge in [0.2, 0.25) is 0 Å². The molecule has 0 heterocycles. The Bertz CT molecular complexity index is 468. The minimum absolute atomic E-state index is 0.137. The fraction of sp³-hybridized carbons (Fsp3) is 0.438. The molecule has 1 amide bonds. The molecule has 0 aromatic heterocycles. The normalized spacial score (nSPS) is 9.95. The Morgan fingerprint density at radius 3 is 2.38 bits per heavy atom. The number of nitrogens with one attached hydrogen (secondary N) is 1. The molecule has 21 heavy (non-hydrogen) atoms. The molecular weight excluding hydrogens is 270 g/mol. The summed E-state index contributed by atoms with van der Waals surface area (Å²) in [6.07, 6.45) is 4.79. The largest absolute Gasteiger partial charge is 0.469 e. The SMILES string of the molecule is COC(=O)CCCCCCNC(=O)c1ccc(C=O)cc1. The molecule has 0 saturated carbocycles. The van der Waals surface area contributed by atoms with Crippen molar-refractivity contribution in [3.63, 3.8) is 0 Å². The quantitative estimate of drug-likeness (QED) is 0.430. The zero-order valence-corrected chi connectivity index (χ0v) is 12.3. The zero-order valence-electron chi connectivity index (χ0n) is 12.3. The van der Waals surface area contributed by atoms with Crippen LogP contribution in [-0.2, 0) is 9.53 Å². The Morgan fingerprint density at radius 2 is 1.76 bits per heavy atom. The number of rotatable bonds is 9. The Kier molecular flexibility index (Phi) is 7.79. The Morgan fingerprint density at radius 1 is 1.10 bits per heavy atom. The number of esters is 1. The minimum Gasteiger partial charge on any atom is -0.469 e. The van der Waals surface area contributed by atoms with Gasteiger partial charge < -0.3 is 10.1 Å². The lowest BCUT2D eigenvalue weighted by molar-refractivity contribution is -0.140. The molecule has 0 saturated heterocycles. The highest BCUT2D eigenvalue weighted by Gasteiger charge is 2.04. The molecule has 1 N–H and O–H groups in total. The van der Waals surface area contributed by atoms with E-state index < -0.39 is 0 Å². The van der Waals surface area contributed by atoms with Crippen LogP contribution in [0.15, 0.2) is 24.3 Å². The van der Waals surface area contributed by atoms with E-state index in [0.717, 1.165) is 32.0 Å². The van der Waals surface area contributed by atoms with Gasteiger partial charge >= 0.3 is 5.97 Å². The molecule has 0 fully saturated rings. The average molecular weight is 291 g/mol. The fourth-order valence-electron chi connectivity index (χ4n) is 1.87. The number of benzene rings is 1. The van der Waals surface area contributed by atoms with E-state index in [9.17, 15) is 14.4 Å². The van der Waals surface area contributed by atoms with Crippen molar-refractivity contribution in [3.8, 4) is 0 Å². The summed E-state index contributed by atoms with van der Waals surface area (Å²) < 4.78 is 4.56. The van der Waals surface area contributed by atoms with Crippen molar-refractivity contribution < 1.29 is 19.1 Å². The van der Waals surface area contributed by atoms with Crippen molar-refractivity contribution in [2.75, 3.05) is 13.7 Å². The molecule has 0 radical (unpaired) electrons. The first kappa shape index (κ1) is 16.9. The molecule has 1 aromatic carbocycles. The maximum absolute atomic E-state index is 11.8. The molecule has 1 aromatic rings. The second-order valence-electron chi connectivity index (χ2n) is 4.74. The summed E-state index contributed by atoms with van der Waals surface area (Å²) in [5.41, 5.74) is 1.10. The third kappa shape index (κ3) is 6.70. The van der Waals surface area contributed by atoms with Crippen LogP contribution in [0.25, 0.3) is 0 Å². The van der Waals surface area contributed by atoms with Gasteiger partial charge in [0.1, 0.15) is 6.29 Å². The summed E-state index contributed by atoms with van der Waals surface area (Å²) >= 11 is 0. The van der Waals surface area contributed by atoms with Crippen LogP contribution in [0.3, 0.4) is 0 Å². The monoisotopic (exact) mass is 291 g/mol. The number of methoxy groups -OCH3 is 1. The van der Waals surface area contributed by atoms with E-state index in [0.29, 0.717) is 24.1 Å². The number of hydrogen-bond donors (Lipinski definition) is 1. The van der Waals surface area contributed by atoms with Crippen LogP contribution in [0.2, 0.25) is 0 Å². The molecular formula is C16H21NO4. The minimum atomic E-state index is -0.179. The molecule has 0 bridgehead atoms. The zero-order chi connectivity index (χ0) is 15.5. The highest BCUT2D eigenvalue weighted by atomic mass is 16.5. The highest BCUT2D eigenvalue weighted by molar-refractivity contribution is 5.94. The molecule has 0 aliphatic rings. The van der Waals surface area contributed by atoms with E-state index in [1.165, 1.54) is 7.11 Å². The third-order valence-corrected chi connectivity index (χ3v) is 3.13. The van der Waals surface area contributed by atoms with Gasteiger partial charge in [-0.2, -0.15) is 0 Å². The van der Waals surface area contributed by atoms with Gasteiger partial charge in [0.05, 0.1) is 7.11 Å². The lowest BCUT2D eigenvalue weighted by Crippen LogP contribution is -2.24. The van der Waals surface area contributed by atoms with E-state index in [-0.39, 0.29) is 11.9 Å². The number of carbonyl (C=O) groups is 3. The van der Waals surface area contributed by atoms with Gasteiger partial charge in [-0.15, -0.1) is 0 Å². The van der Waals surface area contributed by atoms with Crippen molar-refractivity contribution in [1.29, 1.82) is 0 Å². The molecule has 0 aliphatic heterocycles. The summed E-state index contributed by atoms with van der Waals surface area (Å²) in [5, 5.41) is 2.83. The molecule has 5 nitrogen and oxygen atoms in total. The van der Waals surface area contributed by atoms with Gasteiger partial charge in [0.15, 0.2) is 0 Å². The predicted molar refractivity (Wildman–Crippen MR) is 79.3 cm³/mol. The number of aldehydes is 1. The second-order valence-corrected chi connectivity index (χ2v) is 4.74. The number of ether oxygens (including phenoxy) is 1. The molecule has 114 valence electrons. The van der Waals surface area contributed by atoms with Crippen molar-refractivity contribution in [2.45, 2.75) is 32.1 Å². The van der Waals surface area contributed by atoms with Crippen molar-refractivity contribution >= 4 is 18.2 Å². The van der Waals surface area contributed by atoms with E-state index in [1.54, 1.807) is 24.3 Å². The van der Waals surface area contributed by atoms with E-state index >= 15 is 0 Å². The van der Waals surface area contributed by atoms with Gasteiger partial charge in [0.25, 0.3) is 5.91 Å². The predicted octanol–water partition coefficient (Wildman–Crippen LogP) is 2.35. The lowest BCUT2D eigenvalue weighted by Gasteiger charge is -2.05.